The molecule has 2 aromatic carbocycles. The van der Waals surface area contributed by atoms with E-state index >= 15 is 0 Å². The van der Waals surface area contributed by atoms with Gasteiger partial charge >= 0.3 is 12.4 Å². The van der Waals surface area contributed by atoms with Crippen LogP contribution in [0, 0.1) is 0 Å². The number of nitrogens with one attached hydrogen (secondary N) is 4. The van der Waals surface area contributed by atoms with Gasteiger partial charge in [-0.15, -0.1) is 0 Å². The van der Waals surface area contributed by atoms with Crippen molar-refractivity contribution >= 4 is 40.0 Å². The van der Waals surface area contributed by atoms with Gasteiger partial charge < -0.3 is 24.9 Å². The van der Waals surface area contributed by atoms with E-state index in [4.69, 9.17) is 4.74 Å². The Bertz CT molecular complexity index is 2040. The number of hydrogen-bond acceptors (Lipinski definition) is 8. The Kier molecular flexibility index (Phi) is 8.30. The SMILES string of the molecule is C=C(C(=O)Nc1ccc(Nc2nc3cc(OC4=CCC(c5ncc(C(F)(F)F)[nH]5)=NC=C4)ccc3n2C)cc1C(F)(F)F)N1C=CCN1. The number of H-pyrrole nitrogens is 1. The smallest absolute Gasteiger partial charge is 0.432 e. The standard InChI is InChI=1S/C31H25F6N9O2/c1-17(46-13-3-11-40-46)28(47)42-22-7-4-18(14-21(22)30(32,33)34)41-29-43-24-15-20(6-9-25(24)45(29)2)48-19-5-8-23(38-12-10-19)27-39-16-26(44-27)31(35,36)37/h3-7,9-10,12-16,40H,1,8,11H2,2H3,(H,39,44)(H,41,43)(H,42,47). The molecule has 248 valence electrons. The number of fused-ring (bicyclic) bond motifs is 1. The minimum atomic E-state index is -4.79. The van der Waals surface area contributed by atoms with Crippen molar-refractivity contribution in [3.05, 3.63) is 108 Å². The van der Waals surface area contributed by atoms with Gasteiger partial charge in [-0.25, -0.2) is 15.4 Å². The van der Waals surface area contributed by atoms with E-state index in [1.165, 1.54) is 23.4 Å². The zero-order chi connectivity index (χ0) is 34.2. The molecule has 0 saturated carbocycles. The number of ether oxygens (including phenoxy) is 1. The number of aromatic amines is 1. The predicted molar refractivity (Wildman–Crippen MR) is 165 cm³/mol. The minimum Gasteiger partial charge on any atom is -0.458 e. The van der Waals surface area contributed by atoms with E-state index in [2.05, 4.69) is 42.6 Å². The number of hydrogen-bond donors (Lipinski definition) is 4. The van der Waals surface area contributed by atoms with Crippen molar-refractivity contribution in [3.63, 3.8) is 0 Å². The second-order valence-electron chi connectivity index (χ2n) is 10.5. The van der Waals surface area contributed by atoms with Gasteiger partial charge in [-0.1, -0.05) is 12.7 Å². The first-order chi connectivity index (χ1) is 22.8. The van der Waals surface area contributed by atoms with Crippen LogP contribution in [0.2, 0.25) is 0 Å². The van der Waals surface area contributed by atoms with Gasteiger partial charge in [0.2, 0.25) is 5.95 Å². The molecular formula is C31H25F6N9O2. The Morgan fingerprint density at radius 2 is 1.90 bits per heavy atom. The number of aromatic nitrogens is 4. The average Bonchev–Trinajstić information content (AvgIpc) is 3.77. The van der Waals surface area contributed by atoms with Crippen LogP contribution in [0.15, 0.2) is 96.3 Å². The number of aryl methyl sites for hydroxylation is 1. The first-order valence-electron chi connectivity index (χ1n) is 14.1. The maximum Gasteiger partial charge on any atom is 0.432 e. The zero-order valence-electron chi connectivity index (χ0n) is 24.9. The van der Waals surface area contributed by atoms with Crippen LogP contribution in [-0.4, -0.2) is 42.7 Å². The molecule has 0 radical (unpaired) electrons. The number of nitrogens with zero attached hydrogens (tertiary/aromatic N) is 5. The van der Waals surface area contributed by atoms with Crippen LogP contribution in [0.1, 0.15) is 23.5 Å². The number of imidazole rings is 2. The molecule has 4 N–H and O–H groups in total. The average molecular weight is 670 g/mol. The largest absolute Gasteiger partial charge is 0.458 e. The molecule has 4 heterocycles. The number of halogens is 6. The fourth-order valence-corrected chi connectivity index (χ4v) is 4.80. The molecule has 0 aliphatic carbocycles. The molecule has 11 nitrogen and oxygen atoms in total. The Morgan fingerprint density at radius 1 is 1.08 bits per heavy atom. The quantitative estimate of drug-likeness (QED) is 0.124. The molecular weight excluding hydrogens is 644 g/mol. The van der Waals surface area contributed by atoms with Gasteiger partial charge in [0.25, 0.3) is 5.91 Å². The lowest BCUT2D eigenvalue weighted by molar-refractivity contribution is -0.141. The van der Waals surface area contributed by atoms with Crippen molar-refractivity contribution in [1.82, 2.24) is 30.0 Å². The van der Waals surface area contributed by atoms with Crippen LogP contribution in [-0.2, 0) is 24.2 Å². The summed E-state index contributed by atoms with van der Waals surface area (Å²) in [6.07, 6.45) is -0.691. The fourth-order valence-electron chi connectivity index (χ4n) is 4.80. The number of carbonyl (C=O) groups is 1. The van der Waals surface area contributed by atoms with Crippen molar-refractivity contribution < 1.29 is 35.9 Å². The van der Waals surface area contributed by atoms with Gasteiger partial charge in [0.1, 0.15) is 22.9 Å². The molecule has 1 amide bonds. The molecule has 48 heavy (non-hydrogen) atoms. The highest BCUT2D eigenvalue weighted by Crippen LogP contribution is 2.38. The maximum absolute atomic E-state index is 14.0. The lowest BCUT2D eigenvalue weighted by Gasteiger charge is -2.20. The predicted octanol–water partition coefficient (Wildman–Crippen LogP) is 6.53. The zero-order valence-corrected chi connectivity index (χ0v) is 24.9. The number of anilines is 3. The molecule has 0 unspecified atom stereocenters. The van der Waals surface area contributed by atoms with Crippen LogP contribution < -0.4 is 20.8 Å². The molecule has 4 aromatic rings. The van der Waals surface area contributed by atoms with Crippen molar-refractivity contribution in [2.75, 3.05) is 17.2 Å². The molecule has 0 saturated heterocycles. The number of rotatable bonds is 8. The fraction of sp³-hybridized carbons (Fsp3) is 0.161. The van der Waals surface area contributed by atoms with Crippen molar-refractivity contribution in [3.8, 4) is 5.75 Å². The molecule has 0 atom stereocenters. The van der Waals surface area contributed by atoms with Gasteiger partial charge in [-0.2, -0.15) is 26.3 Å². The number of carbonyl (C=O) groups excluding carboxylic acids is 1. The molecule has 0 spiro atoms. The molecule has 2 aromatic heterocycles. The third-order valence-corrected chi connectivity index (χ3v) is 7.22. The van der Waals surface area contributed by atoms with Gasteiger partial charge in [0.15, 0.2) is 5.82 Å². The summed E-state index contributed by atoms with van der Waals surface area (Å²) >= 11 is 0. The number of amides is 1. The number of alkyl halides is 6. The Morgan fingerprint density at radius 3 is 2.60 bits per heavy atom. The highest BCUT2D eigenvalue weighted by Gasteiger charge is 2.35. The highest BCUT2D eigenvalue weighted by molar-refractivity contribution is 6.03. The second-order valence-corrected chi connectivity index (χ2v) is 10.5. The van der Waals surface area contributed by atoms with E-state index < -0.39 is 35.2 Å². The minimum absolute atomic E-state index is 0.0141. The van der Waals surface area contributed by atoms with Crippen LogP contribution in [0.5, 0.6) is 5.75 Å². The molecule has 17 heteroatoms. The summed E-state index contributed by atoms with van der Waals surface area (Å²) in [7, 11) is 1.68. The van der Waals surface area contributed by atoms with Crippen LogP contribution in [0.4, 0.5) is 43.7 Å². The Labute approximate surface area is 268 Å². The van der Waals surface area contributed by atoms with E-state index in [-0.39, 0.29) is 35.3 Å². The van der Waals surface area contributed by atoms with E-state index in [1.807, 2.05) is 0 Å². The van der Waals surface area contributed by atoms with Crippen LogP contribution >= 0.6 is 0 Å². The van der Waals surface area contributed by atoms with Gasteiger partial charge in [-0.3, -0.25) is 14.8 Å². The van der Waals surface area contributed by atoms with Crippen molar-refractivity contribution in [1.29, 1.82) is 0 Å². The third kappa shape index (κ3) is 6.80. The maximum atomic E-state index is 14.0. The summed E-state index contributed by atoms with van der Waals surface area (Å²) in [5, 5.41) is 6.49. The monoisotopic (exact) mass is 669 g/mol. The molecule has 2 aliphatic heterocycles. The first-order valence-corrected chi connectivity index (χ1v) is 14.1. The lowest BCUT2D eigenvalue weighted by Crippen LogP contribution is -2.33. The Hall–Kier alpha value is -5.84. The molecule has 0 fully saturated rings. The molecule has 6 rings (SSSR count). The van der Waals surface area contributed by atoms with Gasteiger partial charge in [-0.05, 0) is 42.5 Å². The van der Waals surface area contributed by atoms with Crippen LogP contribution in [0.25, 0.3) is 11.0 Å². The summed E-state index contributed by atoms with van der Waals surface area (Å²) in [5.41, 5.74) is 1.71. The molecule has 0 bridgehead atoms. The summed E-state index contributed by atoms with van der Waals surface area (Å²) in [6.45, 7) is 4.09. The van der Waals surface area contributed by atoms with Crippen molar-refractivity contribution in [2.24, 2.45) is 12.0 Å². The summed E-state index contributed by atoms with van der Waals surface area (Å²) < 4.78 is 88.6. The first kappa shape index (κ1) is 32.1. The third-order valence-electron chi connectivity index (χ3n) is 7.22. The summed E-state index contributed by atoms with van der Waals surface area (Å²) in [6, 6.07) is 8.39. The van der Waals surface area contributed by atoms with Crippen LogP contribution in [0.3, 0.4) is 0 Å². The Balaban J connectivity index is 1.17. The number of allylic oxidation sites excluding steroid dienone is 2. The summed E-state index contributed by atoms with van der Waals surface area (Å²) in [4.78, 5) is 27.3. The normalized spacial score (nSPS) is 14.9. The van der Waals surface area contributed by atoms with E-state index in [1.54, 1.807) is 48.2 Å². The van der Waals surface area contributed by atoms with Crippen molar-refractivity contribution in [2.45, 2.75) is 18.8 Å². The highest BCUT2D eigenvalue weighted by atomic mass is 19.4. The van der Waals surface area contributed by atoms with E-state index in [0.717, 1.165) is 12.1 Å². The van der Waals surface area contributed by atoms with Gasteiger partial charge in [0, 0.05) is 44.2 Å². The van der Waals surface area contributed by atoms with E-state index in [9.17, 15) is 31.1 Å². The molecule has 2 aliphatic rings. The number of benzene rings is 2. The lowest BCUT2D eigenvalue weighted by atomic mass is 10.1. The van der Waals surface area contributed by atoms with E-state index in [0.29, 0.717) is 35.3 Å². The topological polar surface area (TPSA) is 124 Å². The number of hydrazine groups is 1. The summed E-state index contributed by atoms with van der Waals surface area (Å²) in [5.74, 6) is 0.155. The van der Waals surface area contributed by atoms with Gasteiger partial charge in [0.05, 0.1) is 34.2 Å². The second kappa shape index (κ2) is 12.4. The number of aliphatic imine (C=N–C) groups is 1.